The van der Waals surface area contributed by atoms with Crippen molar-refractivity contribution in [1.29, 1.82) is 0 Å². The molecule has 2 nitrogen and oxygen atoms in total. The maximum Gasteiger partial charge on any atom is 0.123 e. The van der Waals surface area contributed by atoms with E-state index in [-0.39, 0.29) is 0 Å². The number of nitrogens with zero attached hydrogens (tertiary/aromatic N) is 1. The fraction of sp³-hybridized carbons (Fsp3) is 0.0667. The van der Waals surface area contributed by atoms with E-state index in [4.69, 9.17) is 0 Å². The molecule has 0 saturated heterocycles. The third-order valence-electron chi connectivity index (χ3n) is 3.12. The zero-order valence-corrected chi connectivity index (χ0v) is 9.59. The Balaban J connectivity index is 2.35. The number of aromatic nitrogens is 1. The van der Waals surface area contributed by atoms with Crippen LogP contribution in [0.3, 0.4) is 0 Å². The van der Waals surface area contributed by atoms with E-state index < -0.39 is 0 Å². The number of benzene rings is 2. The van der Waals surface area contributed by atoms with Crippen LogP contribution in [-0.4, -0.2) is 9.67 Å². The molecule has 2 heteroatoms. The number of rotatable bonds is 1. The van der Waals surface area contributed by atoms with Crippen LogP contribution in [0.25, 0.3) is 22.0 Å². The Kier molecular flexibility index (Phi) is 2.15. The van der Waals surface area contributed by atoms with E-state index in [2.05, 4.69) is 16.7 Å². The second-order valence-corrected chi connectivity index (χ2v) is 4.18. The van der Waals surface area contributed by atoms with Crippen molar-refractivity contribution in [1.82, 2.24) is 4.57 Å². The molecule has 3 rings (SSSR count). The highest BCUT2D eigenvalue weighted by atomic mass is 16.3. The molecule has 84 valence electrons. The van der Waals surface area contributed by atoms with E-state index in [1.807, 2.05) is 43.6 Å². The summed E-state index contributed by atoms with van der Waals surface area (Å²) in [5, 5.41) is 11.1. The molecular formula is C15H13NO. The van der Waals surface area contributed by atoms with Gasteiger partial charge in [-0.3, -0.25) is 0 Å². The van der Waals surface area contributed by atoms with Crippen LogP contribution < -0.4 is 0 Å². The number of para-hydroxylation sites is 1. The summed E-state index contributed by atoms with van der Waals surface area (Å²) in [5.74, 6) is 0.323. The fourth-order valence-corrected chi connectivity index (χ4v) is 2.24. The summed E-state index contributed by atoms with van der Waals surface area (Å²) in [6.07, 6.45) is 2.04. The van der Waals surface area contributed by atoms with E-state index in [9.17, 15) is 5.11 Å². The predicted molar refractivity (Wildman–Crippen MR) is 70.0 cm³/mol. The van der Waals surface area contributed by atoms with Crippen molar-refractivity contribution in [2.45, 2.75) is 0 Å². The maximum atomic E-state index is 9.92. The van der Waals surface area contributed by atoms with Crippen LogP contribution in [0.15, 0.2) is 54.7 Å². The minimum absolute atomic E-state index is 0.323. The van der Waals surface area contributed by atoms with Gasteiger partial charge in [0.15, 0.2) is 0 Å². The summed E-state index contributed by atoms with van der Waals surface area (Å²) in [5.41, 5.74) is 3.12. The first kappa shape index (κ1) is 9.97. The van der Waals surface area contributed by atoms with Crippen LogP contribution in [-0.2, 0) is 7.05 Å². The van der Waals surface area contributed by atoms with Gasteiger partial charge in [0.2, 0.25) is 0 Å². The molecule has 0 unspecified atom stereocenters. The van der Waals surface area contributed by atoms with E-state index in [1.165, 1.54) is 5.52 Å². The van der Waals surface area contributed by atoms with Gasteiger partial charge < -0.3 is 9.67 Å². The molecule has 0 fully saturated rings. The molecule has 0 bridgehead atoms. The largest absolute Gasteiger partial charge is 0.507 e. The van der Waals surface area contributed by atoms with Crippen LogP contribution in [0.2, 0.25) is 0 Å². The summed E-state index contributed by atoms with van der Waals surface area (Å²) in [4.78, 5) is 0. The van der Waals surface area contributed by atoms with Gasteiger partial charge in [-0.05, 0) is 23.8 Å². The van der Waals surface area contributed by atoms with Gasteiger partial charge in [0, 0.05) is 29.7 Å². The Morgan fingerprint density at radius 1 is 0.882 bits per heavy atom. The topological polar surface area (TPSA) is 25.2 Å². The highest BCUT2D eigenvalue weighted by molar-refractivity contribution is 5.96. The second kappa shape index (κ2) is 3.67. The Morgan fingerprint density at radius 2 is 1.65 bits per heavy atom. The van der Waals surface area contributed by atoms with Gasteiger partial charge in [0.25, 0.3) is 0 Å². The van der Waals surface area contributed by atoms with Gasteiger partial charge in [-0.2, -0.15) is 0 Å². The smallest absolute Gasteiger partial charge is 0.123 e. The van der Waals surface area contributed by atoms with Gasteiger partial charge >= 0.3 is 0 Å². The van der Waals surface area contributed by atoms with Crippen LogP contribution in [0.1, 0.15) is 0 Å². The molecule has 0 aliphatic rings. The van der Waals surface area contributed by atoms with Crippen molar-refractivity contribution in [3.63, 3.8) is 0 Å². The van der Waals surface area contributed by atoms with Crippen LogP contribution in [0, 0.1) is 0 Å². The lowest BCUT2D eigenvalue weighted by Crippen LogP contribution is -1.85. The Morgan fingerprint density at radius 3 is 2.47 bits per heavy atom. The lowest BCUT2D eigenvalue weighted by molar-refractivity contribution is 0.477. The Bertz CT molecular complexity index is 682. The molecule has 0 aliphatic carbocycles. The molecule has 1 heterocycles. The number of phenols is 1. The third-order valence-corrected chi connectivity index (χ3v) is 3.12. The molecule has 0 radical (unpaired) electrons. The standard InChI is InChI=1S/C15H13NO/c1-16-10-9-12-11(6-4-7-14(12)16)13-5-2-3-8-15(13)17/h2-10,17H,1H3. The average Bonchev–Trinajstić information content (AvgIpc) is 2.72. The number of phenolic OH excluding ortho intramolecular Hbond substituents is 1. The minimum atomic E-state index is 0.323. The molecule has 1 aromatic heterocycles. The average molecular weight is 223 g/mol. The highest BCUT2D eigenvalue weighted by Gasteiger charge is 2.08. The van der Waals surface area contributed by atoms with Crippen LogP contribution >= 0.6 is 0 Å². The lowest BCUT2D eigenvalue weighted by atomic mass is 10.0. The van der Waals surface area contributed by atoms with E-state index in [1.54, 1.807) is 6.07 Å². The number of aromatic hydroxyl groups is 1. The van der Waals surface area contributed by atoms with Crippen molar-refractivity contribution in [3.05, 3.63) is 54.7 Å². The summed E-state index contributed by atoms with van der Waals surface area (Å²) < 4.78 is 2.08. The van der Waals surface area contributed by atoms with Gasteiger partial charge in [-0.25, -0.2) is 0 Å². The quantitative estimate of drug-likeness (QED) is 0.670. The van der Waals surface area contributed by atoms with Gasteiger partial charge in [-0.1, -0.05) is 30.3 Å². The van der Waals surface area contributed by atoms with Crippen molar-refractivity contribution in [3.8, 4) is 16.9 Å². The molecule has 0 amide bonds. The molecule has 0 aliphatic heterocycles. The molecule has 0 atom stereocenters. The minimum Gasteiger partial charge on any atom is -0.507 e. The van der Waals surface area contributed by atoms with Gasteiger partial charge in [-0.15, -0.1) is 0 Å². The van der Waals surface area contributed by atoms with E-state index in [0.717, 1.165) is 16.5 Å². The first-order chi connectivity index (χ1) is 8.27. The zero-order chi connectivity index (χ0) is 11.8. The van der Waals surface area contributed by atoms with Crippen LogP contribution in [0.5, 0.6) is 5.75 Å². The molecule has 2 aromatic carbocycles. The first-order valence-corrected chi connectivity index (χ1v) is 5.60. The Labute approximate surface area is 99.7 Å². The van der Waals surface area contributed by atoms with Crippen molar-refractivity contribution in [2.75, 3.05) is 0 Å². The van der Waals surface area contributed by atoms with Crippen molar-refractivity contribution < 1.29 is 5.11 Å². The number of aryl methyl sites for hydroxylation is 1. The zero-order valence-electron chi connectivity index (χ0n) is 9.59. The molecule has 17 heavy (non-hydrogen) atoms. The lowest BCUT2D eigenvalue weighted by Gasteiger charge is -2.06. The molecular weight excluding hydrogens is 210 g/mol. The van der Waals surface area contributed by atoms with Gasteiger partial charge in [0.1, 0.15) is 5.75 Å². The summed E-state index contributed by atoms with van der Waals surface area (Å²) in [7, 11) is 2.02. The molecule has 3 aromatic rings. The number of hydrogen-bond donors (Lipinski definition) is 1. The van der Waals surface area contributed by atoms with Crippen molar-refractivity contribution in [2.24, 2.45) is 7.05 Å². The monoisotopic (exact) mass is 223 g/mol. The molecule has 0 spiro atoms. The third kappa shape index (κ3) is 1.49. The molecule has 1 N–H and O–H groups in total. The second-order valence-electron chi connectivity index (χ2n) is 4.18. The normalized spacial score (nSPS) is 10.9. The maximum absolute atomic E-state index is 9.92. The summed E-state index contributed by atoms with van der Waals surface area (Å²) >= 11 is 0. The van der Waals surface area contributed by atoms with Crippen molar-refractivity contribution >= 4 is 10.9 Å². The van der Waals surface area contributed by atoms with E-state index in [0.29, 0.717) is 5.75 Å². The molecule has 0 saturated carbocycles. The number of fused-ring (bicyclic) bond motifs is 1. The Hall–Kier alpha value is -2.22. The fourth-order valence-electron chi connectivity index (χ4n) is 2.24. The van der Waals surface area contributed by atoms with Crippen LogP contribution in [0.4, 0.5) is 0 Å². The predicted octanol–water partition coefficient (Wildman–Crippen LogP) is 3.55. The van der Waals surface area contributed by atoms with Gasteiger partial charge in [0.05, 0.1) is 0 Å². The summed E-state index contributed by atoms with van der Waals surface area (Å²) in [6, 6.07) is 15.7. The highest BCUT2D eigenvalue weighted by Crippen LogP contribution is 2.34. The SMILES string of the molecule is Cn1ccc2c(-c3ccccc3O)cccc21. The number of hydrogen-bond acceptors (Lipinski definition) is 1. The van der Waals surface area contributed by atoms with E-state index >= 15 is 0 Å². The summed E-state index contributed by atoms with van der Waals surface area (Å²) in [6.45, 7) is 0. The first-order valence-electron chi connectivity index (χ1n) is 5.60.